The van der Waals surface area contributed by atoms with Crippen molar-refractivity contribution in [3.63, 3.8) is 0 Å². The predicted molar refractivity (Wildman–Crippen MR) is 76.7 cm³/mol. The minimum Gasteiger partial charge on any atom is -0.481 e. The van der Waals surface area contributed by atoms with Gasteiger partial charge in [-0.1, -0.05) is 6.07 Å². The molecule has 1 amide bonds. The van der Waals surface area contributed by atoms with Crippen LogP contribution in [0.4, 0.5) is 5.13 Å². The molecule has 4 nitrogen and oxygen atoms in total. The summed E-state index contributed by atoms with van der Waals surface area (Å²) in [5.74, 6) is 0.508. The van der Waals surface area contributed by atoms with Gasteiger partial charge in [-0.3, -0.25) is 10.1 Å². The first-order chi connectivity index (χ1) is 9.04. The Morgan fingerprint density at radius 1 is 1.32 bits per heavy atom. The zero-order valence-electron chi connectivity index (χ0n) is 11.1. The van der Waals surface area contributed by atoms with E-state index in [-0.39, 0.29) is 5.91 Å². The van der Waals surface area contributed by atoms with Gasteiger partial charge in [0.05, 0.1) is 0 Å². The number of carbonyl (C=O) groups excluding carboxylic acids is 1. The van der Waals surface area contributed by atoms with Gasteiger partial charge in [-0.05, 0) is 44.0 Å². The zero-order chi connectivity index (χ0) is 13.8. The van der Waals surface area contributed by atoms with Crippen molar-refractivity contribution in [2.75, 3.05) is 5.32 Å². The topological polar surface area (TPSA) is 51.2 Å². The Morgan fingerprint density at radius 3 is 2.58 bits per heavy atom. The predicted octanol–water partition coefficient (Wildman–Crippen LogP) is 3.17. The second-order valence-electron chi connectivity index (χ2n) is 4.41. The zero-order valence-corrected chi connectivity index (χ0v) is 12.0. The Balaban J connectivity index is 2.00. The summed E-state index contributed by atoms with van der Waals surface area (Å²) in [7, 11) is 0. The number of ether oxygens (including phenoxy) is 1. The van der Waals surface area contributed by atoms with Gasteiger partial charge in [0.2, 0.25) is 0 Å². The van der Waals surface area contributed by atoms with Crippen molar-refractivity contribution in [3.05, 3.63) is 40.9 Å². The molecule has 1 atom stereocenters. The third-order valence-electron chi connectivity index (χ3n) is 2.54. The molecular weight excluding hydrogens is 260 g/mol. The SMILES string of the molecule is Cc1cc(C)cc(OC(C)C(=O)Nc2nccs2)c1. The molecule has 0 saturated heterocycles. The second-order valence-corrected chi connectivity index (χ2v) is 5.30. The van der Waals surface area contributed by atoms with Gasteiger partial charge in [0.1, 0.15) is 5.75 Å². The molecule has 0 aliphatic heterocycles. The Kier molecular flexibility index (Phi) is 4.16. The van der Waals surface area contributed by atoms with Crippen LogP contribution in [-0.2, 0) is 4.79 Å². The van der Waals surface area contributed by atoms with Crippen LogP contribution in [0, 0.1) is 13.8 Å². The summed E-state index contributed by atoms with van der Waals surface area (Å²) in [5, 5.41) is 5.11. The number of aryl methyl sites for hydroxylation is 2. The molecule has 0 spiro atoms. The van der Waals surface area contributed by atoms with Crippen molar-refractivity contribution in [3.8, 4) is 5.75 Å². The van der Waals surface area contributed by atoms with Crippen molar-refractivity contribution in [1.82, 2.24) is 4.98 Å². The maximum Gasteiger partial charge on any atom is 0.266 e. The number of aromatic nitrogens is 1. The molecular formula is C14H16N2O2S. The highest BCUT2D eigenvalue weighted by Crippen LogP contribution is 2.18. The van der Waals surface area contributed by atoms with Gasteiger partial charge in [0.15, 0.2) is 11.2 Å². The van der Waals surface area contributed by atoms with E-state index < -0.39 is 6.10 Å². The summed E-state index contributed by atoms with van der Waals surface area (Å²) >= 11 is 1.38. The Morgan fingerprint density at radius 2 is 2.00 bits per heavy atom. The molecule has 0 aliphatic carbocycles. The lowest BCUT2D eigenvalue weighted by Crippen LogP contribution is -2.30. The summed E-state index contributed by atoms with van der Waals surface area (Å²) in [4.78, 5) is 15.9. The van der Waals surface area contributed by atoms with Crippen LogP contribution in [0.1, 0.15) is 18.1 Å². The molecule has 2 rings (SSSR count). The molecule has 19 heavy (non-hydrogen) atoms. The summed E-state index contributed by atoms with van der Waals surface area (Å²) in [6, 6.07) is 5.90. The standard InChI is InChI=1S/C14H16N2O2S/c1-9-6-10(2)8-12(7-9)18-11(3)13(17)16-14-15-4-5-19-14/h4-8,11H,1-3H3,(H,15,16,17). The largest absolute Gasteiger partial charge is 0.481 e. The van der Waals surface area contributed by atoms with Gasteiger partial charge >= 0.3 is 0 Å². The number of hydrogen-bond acceptors (Lipinski definition) is 4. The average molecular weight is 276 g/mol. The highest BCUT2D eigenvalue weighted by atomic mass is 32.1. The molecule has 1 N–H and O–H groups in total. The van der Waals surface area contributed by atoms with E-state index in [0.29, 0.717) is 10.9 Å². The molecule has 0 aliphatic rings. The Hall–Kier alpha value is -1.88. The third kappa shape index (κ3) is 3.79. The van der Waals surface area contributed by atoms with Crippen molar-refractivity contribution in [2.24, 2.45) is 0 Å². The van der Waals surface area contributed by atoms with Gasteiger partial charge in [-0.2, -0.15) is 0 Å². The van der Waals surface area contributed by atoms with Crippen LogP contribution < -0.4 is 10.1 Å². The van der Waals surface area contributed by atoms with Crippen LogP contribution in [0.25, 0.3) is 0 Å². The first-order valence-electron chi connectivity index (χ1n) is 6.00. The van der Waals surface area contributed by atoms with Crippen molar-refractivity contribution < 1.29 is 9.53 Å². The minimum atomic E-state index is -0.565. The molecule has 0 bridgehead atoms. The summed E-state index contributed by atoms with van der Waals surface area (Å²) in [5.41, 5.74) is 2.23. The van der Waals surface area contributed by atoms with Crippen molar-refractivity contribution in [2.45, 2.75) is 26.9 Å². The highest BCUT2D eigenvalue weighted by molar-refractivity contribution is 7.13. The van der Waals surface area contributed by atoms with Crippen LogP contribution in [0.3, 0.4) is 0 Å². The number of nitrogens with one attached hydrogen (secondary N) is 1. The van der Waals surface area contributed by atoms with E-state index in [1.807, 2.05) is 31.4 Å². The molecule has 1 heterocycles. The fourth-order valence-electron chi connectivity index (χ4n) is 1.75. The van der Waals surface area contributed by atoms with E-state index in [0.717, 1.165) is 11.1 Å². The van der Waals surface area contributed by atoms with Crippen LogP contribution in [0.2, 0.25) is 0 Å². The first-order valence-corrected chi connectivity index (χ1v) is 6.88. The van der Waals surface area contributed by atoms with Gasteiger partial charge in [-0.25, -0.2) is 4.98 Å². The maximum absolute atomic E-state index is 11.9. The second kappa shape index (κ2) is 5.84. The normalized spacial score (nSPS) is 11.9. The van der Waals surface area contributed by atoms with Crippen molar-refractivity contribution >= 4 is 22.4 Å². The number of thiazole rings is 1. The number of anilines is 1. The van der Waals surface area contributed by atoms with Crippen LogP contribution >= 0.6 is 11.3 Å². The smallest absolute Gasteiger partial charge is 0.266 e. The monoisotopic (exact) mass is 276 g/mol. The fraction of sp³-hybridized carbons (Fsp3) is 0.286. The molecule has 1 aromatic carbocycles. The third-order valence-corrected chi connectivity index (χ3v) is 3.23. The first kappa shape index (κ1) is 13.5. The number of hydrogen-bond donors (Lipinski definition) is 1. The number of amides is 1. The van der Waals surface area contributed by atoms with E-state index >= 15 is 0 Å². The lowest BCUT2D eigenvalue weighted by atomic mass is 10.1. The highest BCUT2D eigenvalue weighted by Gasteiger charge is 2.15. The van der Waals surface area contributed by atoms with Crippen LogP contribution in [0.5, 0.6) is 5.75 Å². The molecule has 0 fully saturated rings. The molecule has 100 valence electrons. The number of rotatable bonds is 4. The quantitative estimate of drug-likeness (QED) is 0.933. The van der Waals surface area contributed by atoms with Crippen LogP contribution in [-0.4, -0.2) is 17.0 Å². The van der Waals surface area contributed by atoms with Gasteiger partial charge in [0, 0.05) is 11.6 Å². The summed E-state index contributed by atoms with van der Waals surface area (Å²) in [6.45, 7) is 5.72. The van der Waals surface area contributed by atoms with E-state index in [1.54, 1.807) is 13.1 Å². The molecule has 1 aromatic heterocycles. The lowest BCUT2D eigenvalue weighted by molar-refractivity contribution is -0.122. The molecule has 2 aromatic rings. The van der Waals surface area contributed by atoms with Crippen LogP contribution in [0.15, 0.2) is 29.8 Å². The van der Waals surface area contributed by atoms with E-state index in [1.165, 1.54) is 11.3 Å². The maximum atomic E-state index is 11.9. The molecule has 1 unspecified atom stereocenters. The van der Waals surface area contributed by atoms with E-state index in [2.05, 4.69) is 16.4 Å². The van der Waals surface area contributed by atoms with Gasteiger partial charge in [-0.15, -0.1) is 11.3 Å². The molecule has 0 radical (unpaired) electrons. The summed E-state index contributed by atoms with van der Waals surface area (Å²) < 4.78 is 5.65. The fourth-order valence-corrected chi connectivity index (χ4v) is 2.28. The molecule has 5 heteroatoms. The lowest BCUT2D eigenvalue weighted by Gasteiger charge is -2.14. The summed E-state index contributed by atoms with van der Waals surface area (Å²) in [6.07, 6.45) is 1.08. The van der Waals surface area contributed by atoms with E-state index in [4.69, 9.17) is 4.74 Å². The van der Waals surface area contributed by atoms with Gasteiger partial charge < -0.3 is 4.74 Å². The minimum absolute atomic E-state index is 0.200. The van der Waals surface area contributed by atoms with Gasteiger partial charge in [0.25, 0.3) is 5.91 Å². The van der Waals surface area contributed by atoms with E-state index in [9.17, 15) is 4.79 Å². The Bertz CT molecular complexity index is 547. The number of nitrogens with zero attached hydrogens (tertiary/aromatic N) is 1. The molecule has 0 saturated carbocycles. The average Bonchev–Trinajstić information content (AvgIpc) is 2.80. The van der Waals surface area contributed by atoms with Crippen molar-refractivity contribution in [1.29, 1.82) is 0 Å². The number of benzene rings is 1. The number of carbonyl (C=O) groups is 1. The Labute approximate surface area is 116 Å².